The van der Waals surface area contributed by atoms with Crippen molar-refractivity contribution >= 4 is 23.1 Å². The third-order valence-electron chi connectivity index (χ3n) is 4.96. The van der Waals surface area contributed by atoms with Crippen molar-refractivity contribution in [2.45, 2.75) is 6.04 Å². The van der Waals surface area contributed by atoms with Crippen LogP contribution in [0.25, 0.3) is 5.76 Å². The Bertz CT molecular complexity index is 1210. The van der Waals surface area contributed by atoms with E-state index in [1.807, 2.05) is 0 Å². The number of methoxy groups -OCH3 is 1. The van der Waals surface area contributed by atoms with Crippen LogP contribution in [0.4, 0.5) is 14.5 Å². The molecule has 1 atom stereocenters. The third kappa shape index (κ3) is 3.52. The van der Waals surface area contributed by atoms with E-state index in [0.29, 0.717) is 11.3 Å². The normalized spacial score (nSPS) is 17.8. The number of aliphatic hydroxyl groups excluding tert-OH is 1. The molecule has 4 rings (SSSR count). The van der Waals surface area contributed by atoms with Crippen molar-refractivity contribution in [2.75, 3.05) is 12.0 Å². The van der Waals surface area contributed by atoms with Crippen LogP contribution in [0, 0.1) is 11.6 Å². The number of benzene rings is 2. The van der Waals surface area contributed by atoms with E-state index in [2.05, 4.69) is 4.98 Å². The lowest BCUT2D eigenvalue weighted by molar-refractivity contribution is -0.132. The molecule has 2 heterocycles. The van der Waals surface area contributed by atoms with Crippen LogP contribution < -0.4 is 9.64 Å². The molecule has 1 amide bonds. The summed E-state index contributed by atoms with van der Waals surface area (Å²) in [5, 5.41) is 11.0. The van der Waals surface area contributed by atoms with E-state index in [-0.39, 0.29) is 11.1 Å². The Morgan fingerprint density at radius 3 is 2.61 bits per heavy atom. The van der Waals surface area contributed by atoms with Gasteiger partial charge in [0.05, 0.1) is 24.4 Å². The number of anilines is 1. The fourth-order valence-corrected chi connectivity index (χ4v) is 3.53. The molecule has 0 saturated carbocycles. The SMILES string of the molecule is COc1cccc(/C(O)=C2\C(=O)C(=O)N(c3cc(F)ccc3F)C2c2cccnc2)c1. The van der Waals surface area contributed by atoms with Crippen LogP contribution >= 0.6 is 0 Å². The fourth-order valence-electron chi connectivity index (χ4n) is 3.53. The molecule has 0 bridgehead atoms. The number of pyridine rings is 1. The number of hydrogen-bond donors (Lipinski definition) is 1. The first-order chi connectivity index (χ1) is 14.9. The summed E-state index contributed by atoms with van der Waals surface area (Å²) < 4.78 is 33.6. The molecular formula is C23H16F2N2O4. The van der Waals surface area contributed by atoms with Gasteiger partial charge in [0.15, 0.2) is 0 Å². The molecule has 1 aliphatic rings. The van der Waals surface area contributed by atoms with Crippen LogP contribution in [-0.2, 0) is 9.59 Å². The first-order valence-corrected chi connectivity index (χ1v) is 9.22. The molecular weight excluding hydrogens is 406 g/mol. The van der Waals surface area contributed by atoms with Crippen molar-refractivity contribution in [3.63, 3.8) is 0 Å². The fraction of sp³-hybridized carbons (Fsp3) is 0.0870. The molecule has 6 nitrogen and oxygen atoms in total. The van der Waals surface area contributed by atoms with Crippen LogP contribution in [0.5, 0.6) is 5.75 Å². The number of hydrogen-bond acceptors (Lipinski definition) is 5. The van der Waals surface area contributed by atoms with Gasteiger partial charge in [-0.1, -0.05) is 18.2 Å². The second-order valence-corrected chi connectivity index (χ2v) is 6.78. The van der Waals surface area contributed by atoms with E-state index in [4.69, 9.17) is 4.74 Å². The van der Waals surface area contributed by atoms with Crippen LogP contribution in [0.2, 0.25) is 0 Å². The predicted molar refractivity (Wildman–Crippen MR) is 108 cm³/mol. The first-order valence-electron chi connectivity index (χ1n) is 9.22. The van der Waals surface area contributed by atoms with Crippen molar-refractivity contribution in [3.8, 4) is 5.75 Å². The van der Waals surface area contributed by atoms with Gasteiger partial charge < -0.3 is 9.84 Å². The predicted octanol–water partition coefficient (Wildman–Crippen LogP) is 3.99. The Hall–Kier alpha value is -4.07. The van der Waals surface area contributed by atoms with Gasteiger partial charge in [0.2, 0.25) is 0 Å². The quantitative estimate of drug-likeness (QED) is 0.391. The van der Waals surface area contributed by atoms with Crippen LogP contribution in [0.1, 0.15) is 17.2 Å². The number of aliphatic hydroxyl groups is 1. The zero-order valence-electron chi connectivity index (χ0n) is 16.3. The highest BCUT2D eigenvalue weighted by Crippen LogP contribution is 2.43. The zero-order valence-corrected chi connectivity index (χ0v) is 16.3. The Morgan fingerprint density at radius 2 is 1.90 bits per heavy atom. The summed E-state index contributed by atoms with van der Waals surface area (Å²) in [6.45, 7) is 0. The Labute approximate surface area is 176 Å². The summed E-state index contributed by atoms with van der Waals surface area (Å²) in [5.41, 5.74) is -0.115. The molecule has 1 aliphatic heterocycles. The van der Waals surface area contributed by atoms with Gasteiger partial charge in [0, 0.05) is 24.0 Å². The summed E-state index contributed by atoms with van der Waals surface area (Å²) in [4.78, 5) is 30.7. The minimum atomic E-state index is -1.21. The Morgan fingerprint density at radius 1 is 1.10 bits per heavy atom. The van der Waals surface area contributed by atoms with E-state index in [1.54, 1.807) is 24.3 Å². The summed E-state index contributed by atoms with van der Waals surface area (Å²) >= 11 is 0. The molecule has 0 radical (unpaired) electrons. The van der Waals surface area contributed by atoms with Crippen LogP contribution in [0.15, 0.2) is 72.6 Å². The lowest BCUT2D eigenvalue weighted by Crippen LogP contribution is -2.30. The second-order valence-electron chi connectivity index (χ2n) is 6.78. The van der Waals surface area contributed by atoms with Gasteiger partial charge in [-0.3, -0.25) is 19.5 Å². The number of nitrogens with zero attached hydrogens (tertiary/aromatic N) is 2. The van der Waals surface area contributed by atoms with E-state index >= 15 is 0 Å². The van der Waals surface area contributed by atoms with Crippen molar-refractivity contribution in [2.24, 2.45) is 0 Å². The minimum absolute atomic E-state index is 0.228. The van der Waals surface area contributed by atoms with Crippen LogP contribution in [-0.4, -0.2) is 28.9 Å². The molecule has 0 aliphatic carbocycles. The summed E-state index contributed by atoms with van der Waals surface area (Å²) in [6, 6.07) is 10.8. The highest BCUT2D eigenvalue weighted by Gasteiger charge is 2.48. The minimum Gasteiger partial charge on any atom is -0.507 e. The molecule has 31 heavy (non-hydrogen) atoms. The number of rotatable bonds is 4. The van der Waals surface area contributed by atoms with Gasteiger partial charge in [0.1, 0.15) is 23.1 Å². The number of ketones is 1. The topological polar surface area (TPSA) is 79.7 Å². The summed E-state index contributed by atoms with van der Waals surface area (Å²) in [5.74, 6) is -3.84. The Kier molecular flexibility index (Phi) is 5.21. The maximum absolute atomic E-state index is 14.6. The largest absolute Gasteiger partial charge is 0.507 e. The lowest BCUT2D eigenvalue weighted by Gasteiger charge is -2.25. The number of halogens is 2. The molecule has 156 valence electrons. The average molecular weight is 422 g/mol. The highest BCUT2D eigenvalue weighted by atomic mass is 19.1. The Balaban J connectivity index is 1.97. The molecule has 1 saturated heterocycles. The number of carbonyl (C=O) groups excluding carboxylic acids is 2. The molecule has 1 fully saturated rings. The van der Waals surface area contributed by atoms with Gasteiger partial charge in [-0.15, -0.1) is 0 Å². The summed E-state index contributed by atoms with van der Waals surface area (Å²) in [6.07, 6.45) is 2.88. The van der Waals surface area contributed by atoms with Crippen molar-refractivity contribution < 1.29 is 28.2 Å². The monoisotopic (exact) mass is 422 g/mol. The van der Waals surface area contributed by atoms with E-state index in [1.165, 1.54) is 31.6 Å². The van der Waals surface area contributed by atoms with Gasteiger partial charge in [-0.2, -0.15) is 0 Å². The zero-order chi connectivity index (χ0) is 22.1. The van der Waals surface area contributed by atoms with E-state index in [9.17, 15) is 23.5 Å². The van der Waals surface area contributed by atoms with Crippen molar-refractivity contribution in [1.82, 2.24) is 4.98 Å². The highest BCUT2D eigenvalue weighted by molar-refractivity contribution is 6.51. The molecule has 1 unspecified atom stereocenters. The molecule has 1 aromatic heterocycles. The number of Topliss-reactive ketones (excluding diaryl/α,β-unsaturated/α-hetero) is 1. The standard InChI is InChI=1S/C23H16F2N2O4/c1-31-16-6-2-4-13(10-16)21(28)19-20(14-5-3-9-26-12-14)27(23(30)22(19)29)18-11-15(24)7-8-17(18)25/h2-12,20,28H,1H3/b21-19+. The maximum atomic E-state index is 14.6. The molecule has 1 N–H and O–H groups in total. The second kappa shape index (κ2) is 7.98. The van der Waals surface area contributed by atoms with Gasteiger partial charge >= 0.3 is 0 Å². The van der Waals surface area contributed by atoms with Crippen molar-refractivity contribution in [1.29, 1.82) is 0 Å². The molecule has 0 spiro atoms. The molecule has 3 aromatic rings. The first kappa shape index (κ1) is 20.2. The average Bonchev–Trinajstić information content (AvgIpc) is 3.06. The number of ether oxygens (including phenoxy) is 1. The lowest BCUT2D eigenvalue weighted by atomic mass is 9.96. The number of amides is 1. The van der Waals surface area contributed by atoms with Gasteiger partial charge in [-0.25, -0.2) is 8.78 Å². The summed E-state index contributed by atoms with van der Waals surface area (Å²) in [7, 11) is 1.44. The molecule has 8 heteroatoms. The number of aromatic nitrogens is 1. The van der Waals surface area contributed by atoms with Crippen molar-refractivity contribution in [3.05, 3.63) is 95.3 Å². The number of carbonyl (C=O) groups is 2. The van der Waals surface area contributed by atoms with Gasteiger partial charge in [-0.05, 0) is 35.9 Å². The maximum Gasteiger partial charge on any atom is 0.300 e. The third-order valence-corrected chi connectivity index (χ3v) is 4.96. The molecule has 2 aromatic carbocycles. The van der Waals surface area contributed by atoms with Gasteiger partial charge in [0.25, 0.3) is 11.7 Å². The van der Waals surface area contributed by atoms with Crippen LogP contribution in [0.3, 0.4) is 0 Å². The van der Waals surface area contributed by atoms with E-state index in [0.717, 1.165) is 23.1 Å². The smallest absolute Gasteiger partial charge is 0.300 e. The van der Waals surface area contributed by atoms with E-state index < -0.39 is 40.8 Å².